The van der Waals surface area contributed by atoms with Crippen molar-refractivity contribution in [2.24, 2.45) is 0 Å². The lowest BCUT2D eigenvalue weighted by atomic mass is 10.1. The van der Waals surface area contributed by atoms with Crippen molar-refractivity contribution in [2.75, 3.05) is 25.6 Å². The maximum absolute atomic E-state index is 13.1. The van der Waals surface area contributed by atoms with Crippen LogP contribution in [0.15, 0.2) is 59.5 Å². The van der Waals surface area contributed by atoms with Gasteiger partial charge >= 0.3 is 6.18 Å². The number of amides is 3. The average Bonchev–Trinajstić information content (AvgIpc) is 3.20. The fourth-order valence-corrected chi connectivity index (χ4v) is 5.15. The Bertz CT molecular complexity index is 1580. The van der Waals surface area contributed by atoms with E-state index in [9.17, 15) is 27.6 Å². The molecule has 4 rings (SSSR count). The standard InChI is InChI=1S/C29H23Cl2F3N2O6S/c1-3-41-23-11-17(10-20(31)26(23)42-15-16-4-7-19(30)8-5-16)12-24-27(38)36(28(39)43-24)14-25(37)35-21-13-18(29(32,33)34)6-9-22(21)40-2/h4-13H,3,14-15H2,1-2H3,(H,35,37)/b24-12-. The molecule has 43 heavy (non-hydrogen) atoms. The fourth-order valence-electron chi connectivity index (χ4n) is 3.91. The first kappa shape index (κ1) is 32.1. The number of thioether (sulfide) groups is 1. The monoisotopic (exact) mass is 654 g/mol. The van der Waals surface area contributed by atoms with Crippen molar-refractivity contribution in [1.29, 1.82) is 0 Å². The summed E-state index contributed by atoms with van der Waals surface area (Å²) in [4.78, 5) is 39.0. The number of rotatable bonds is 10. The van der Waals surface area contributed by atoms with Gasteiger partial charge < -0.3 is 19.5 Å². The largest absolute Gasteiger partial charge is 0.495 e. The van der Waals surface area contributed by atoms with Gasteiger partial charge in [-0.2, -0.15) is 13.2 Å². The summed E-state index contributed by atoms with van der Waals surface area (Å²) in [5.41, 5.74) is -0.00219. The van der Waals surface area contributed by atoms with Crippen LogP contribution in [0.4, 0.5) is 23.7 Å². The van der Waals surface area contributed by atoms with Gasteiger partial charge in [-0.3, -0.25) is 19.3 Å². The molecule has 0 unspecified atom stereocenters. The van der Waals surface area contributed by atoms with Gasteiger partial charge in [-0.15, -0.1) is 0 Å². The van der Waals surface area contributed by atoms with E-state index in [1.807, 2.05) is 0 Å². The van der Waals surface area contributed by atoms with Crippen LogP contribution >= 0.6 is 35.0 Å². The van der Waals surface area contributed by atoms with Crippen LogP contribution in [0.5, 0.6) is 17.2 Å². The van der Waals surface area contributed by atoms with E-state index >= 15 is 0 Å². The number of nitrogens with one attached hydrogen (secondary N) is 1. The zero-order valence-corrected chi connectivity index (χ0v) is 24.9. The normalized spacial score (nSPS) is 14.3. The smallest absolute Gasteiger partial charge is 0.416 e. The second-order valence-corrected chi connectivity index (χ2v) is 10.7. The van der Waals surface area contributed by atoms with Gasteiger partial charge in [0.05, 0.1) is 34.9 Å². The molecule has 1 saturated heterocycles. The third-order valence-electron chi connectivity index (χ3n) is 5.90. The van der Waals surface area contributed by atoms with Crippen LogP contribution in [0, 0.1) is 0 Å². The maximum atomic E-state index is 13.1. The van der Waals surface area contributed by atoms with Gasteiger partial charge in [0.1, 0.15) is 18.9 Å². The Morgan fingerprint density at radius 3 is 2.40 bits per heavy atom. The molecule has 8 nitrogen and oxygen atoms in total. The van der Waals surface area contributed by atoms with Crippen LogP contribution in [0.25, 0.3) is 6.08 Å². The molecule has 1 fully saturated rings. The SMILES string of the molecule is CCOc1cc(/C=C2\SC(=O)N(CC(=O)Nc3cc(C(F)(F)F)ccc3OC)C2=O)cc(Cl)c1OCc1ccc(Cl)cc1. The number of nitrogens with zero attached hydrogens (tertiary/aromatic N) is 1. The molecule has 1 N–H and O–H groups in total. The lowest BCUT2D eigenvalue weighted by Gasteiger charge is -2.16. The molecule has 3 amide bonds. The zero-order valence-electron chi connectivity index (χ0n) is 22.6. The van der Waals surface area contributed by atoms with Gasteiger partial charge in [-0.1, -0.05) is 35.3 Å². The highest BCUT2D eigenvalue weighted by Gasteiger charge is 2.37. The molecular formula is C29H23Cl2F3N2O6S. The van der Waals surface area contributed by atoms with Gasteiger partial charge in [0.2, 0.25) is 5.91 Å². The number of hydrogen-bond acceptors (Lipinski definition) is 7. The van der Waals surface area contributed by atoms with E-state index in [0.29, 0.717) is 45.7 Å². The summed E-state index contributed by atoms with van der Waals surface area (Å²) >= 11 is 13.0. The number of carbonyl (C=O) groups is 3. The summed E-state index contributed by atoms with van der Waals surface area (Å²) in [7, 11) is 1.22. The Morgan fingerprint density at radius 2 is 1.74 bits per heavy atom. The summed E-state index contributed by atoms with van der Waals surface area (Å²) in [6.45, 7) is 1.52. The predicted molar refractivity (Wildman–Crippen MR) is 158 cm³/mol. The summed E-state index contributed by atoms with van der Waals surface area (Å²) < 4.78 is 56.0. The van der Waals surface area contributed by atoms with Crippen molar-refractivity contribution in [1.82, 2.24) is 4.90 Å². The van der Waals surface area contributed by atoms with Crippen molar-refractivity contribution in [3.8, 4) is 17.2 Å². The molecule has 0 spiro atoms. The van der Waals surface area contributed by atoms with Crippen LogP contribution < -0.4 is 19.5 Å². The summed E-state index contributed by atoms with van der Waals surface area (Å²) in [5, 5.41) is 2.32. The first-order valence-corrected chi connectivity index (χ1v) is 14.1. The summed E-state index contributed by atoms with van der Waals surface area (Å²) in [5.74, 6) is -1.10. The lowest BCUT2D eigenvalue weighted by Crippen LogP contribution is -2.36. The van der Waals surface area contributed by atoms with Crippen LogP contribution in [0.1, 0.15) is 23.6 Å². The Labute approximate surface area is 258 Å². The zero-order chi connectivity index (χ0) is 31.3. The number of anilines is 1. The van der Waals surface area contributed by atoms with Gasteiger partial charge in [-0.05, 0) is 78.4 Å². The maximum Gasteiger partial charge on any atom is 0.416 e. The molecule has 0 radical (unpaired) electrons. The third-order valence-corrected chi connectivity index (χ3v) is 7.34. The topological polar surface area (TPSA) is 94.2 Å². The number of carbonyl (C=O) groups excluding carboxylic acids is 3. The first-order valence-electron chi connectivity index (χ1n) is 12.5. The van der Waals surface area contributed by atoms with Crippen LogP contribution in [-0.2, 0) is 22.4 Å². The van der Waals surface area contributed by atoms with E-state index in [-0.39, 0.29) is 33.7 Å². The number of ether oxygens (including phenoxy) is 3. The molecule has 226 valence electrons. The number of alkyl halides is 3. The summed E-state index contributed by atoms with van der Waals surface area (Å²) in [6, 6.07) is 12.7. The Balaban J connectivity index is 1.49. The van der Waals surface area contributed by atoms with Gasteiger partial charge in [0.25, 0.3) is 11.1 Å². The summed E-state index contributed by atoms with van der Waals surface area (Å²) in [6.07, 6.45) is -3.25. The van der Waals surface area contributed by atoms with Crippen LogP contribution in [0.3, 0.4) is 0 Å². The highest BCUT2D eigenvalue weighted by atomic mass is 35.5. The van der Waals surface area contributed by atoms with Gasteiger partial charge in [0.15, 0.2) is 11.5 Å². The van der Waals surface area contributed by atoms with E-state index in [4.69, 9.17) is 37.4 Å². The average molecular weight is 655 g/mol. The van der Waals surface area contributed by atoms with Crippen molar-refractivity contribution in [2.45, 2.75) is 19.7 Å². The van der Waals surface area contributed by atoms with E-state index in [0.717, 1.165) is 17.7 Å². The van der Waals surface area contributed by atoms with Gasteiger partial charge in [-0.25, -0.2) is 0 Å². The van der Waals surface area contributed by atoms with Crippen LogP contribution in [0.2, 0.25) is 10.0 Å². The van der Waals surface area contributed by atoms with E-state index < -0.39 is 35.3 Å². The van der Waals surface area contributed by atoms with Crippen molar-refractivity contribution in [3.63, 3.8) is 0 Å². The Kier molecular flexibility index (Phi) is 10.2. The second-order valence-electron chi connectivity index (χ2n) is 8.91. The van der Waals surface area contributed by atoms with E-state index in [1.54, 1.807) is 37.3 Å². The van der Waals surface area contributed by atoms with Crippen molar-refractivity contribution < 1.29 is 41.8 Å². The van der Waals surface area contributed by atoms with Crippen LogP contribution in [-0.4, -0.2) is 42.2 Å². The van der Waals surface area contributed by atoms with E-state index in [2.05, 4.69) is 5.32 Å². The highest BCUT2D eigenvalue weighted by molar-refractivity contribution is 8.18. The van der Waals surface area contributed by atoms with Crippen molar-refractivity contribution in [3.05, 3.63) is 86.2 Å². The van der Waals surface area contributed by atoms with Gasteiger partial charge in [0, 0.05) is 5.02 Å². The minimum absolute atomic E-state index is 0.00259. The fraction of sp³-hybridized carbons (Fsp3) is 0.207. The third kappa shape index (κ3) is 7.95. The molecule has 0 atom stereocenters. The molecular weight excluding hydrogens is 632 g/mol. The minimum Gasteiger partial charge on any atom is -0.495 e. The number of hydrogen-bond donors (Lipinski definition) is 1. The Morgan fingerprint density at radius 1 is 1.02 bits per heavy atom. The first-order chi connectivity index (χ1) is 20.4. The minimum atomic E-state index is -4.66. The molecule has 0 aromatic heterocycles. The predicted octanol–water partition coefficient (Wildman–Crippen LogP) is 7.67. The van der Waals surface area contributed by atoms with Crippen molar-refractivity contribution >= 4 is 63.8 Å². The number of methoxy groups -OCH3 is 1. The molecule has 3 aromatic carbocycles. The highest BCUT2D eigenvalue weighted by Crippen LogP contribution is 2.40. The number of imide groups is 1. The molecule has 0 saturated carbocycles. The molecule has 0 bridgehead atoms. The van der Waals surface area contributed by atoms with E-state index in [1.165, 1.54) is 19.3 Å². The lowest BCUT2D eigenvalue weighted by molar-refractivity contribution is -0.137. The number of halogens is 5. The molecule has 1 heterocycles. The number of benzene rings is 3. The quantitative estimate of drug-likeness (QED) is 0.224. The molecule has 0 aliphatic carbocycles. The molecule has 1 aliphatic rings. The molecule has 3 aromatic rings. The Hall–Kier alpha value is -3.87. The molecule has 14 heteroatoms. The molecule has 1 aliphatic heterocycles. The second kappa shape index (κ2) is 13.6.